The van der Waals surface area contributed by atoms with E-state index >= 15 is 0 Å². The maximum atomic E-state index is 11.5. The van der Waals surface area contributed by atoms with Gasteiger partial charge in [0.15, 0.2) is 5.96 Å². The number of likely N-dealkylation sites (tertiary alicyclic amines) is 1. The molecule has 0 radical (unpaired) electrons. The molecule has 0 saturated carbocycles. The molecule has 138 valence electrons. The number of aryl methyl sites for hydroxylation is 1. The fourth-order valence-electron chi connectivity index (χ4n) is 2.91. The van der Waals surface area contributed by atoms with Crippen LogP contribution >= 0.6 is 11.6 Å². The minimum absolute atomic E-state index is 0.250. The van der Waals surface area contributed by atoms with Crippen molar-refractivity contribution >= 4 is 23.7 Å². The standard InChI is InChI=1S/C18H27ClN4O2/c1-20-17(21-11-5-7-14-6-3-4-8-16(14)19)22-15-9-12-23(13-10-15)18(24)25-2/h3-4,6,8,15H,5,7,9-13H2,1-2H3,(H2,20,21,22). The number of nitrogens with zero attached hydrogens (tertiary/aromatic N) is 2. The van der Waals surface area contributed by atoms with Gasteiger partial charge in [0.2, 0.25) is 0 Å². The molecule has 1 fully saturated rings. The van der Waals surface area contributed by atoms with E-state index in [1.807, 2.05) is 18.2 Å². The summed E-state index contributed by atoms with van der Waals surface area (Å²) >= 11 is 6.17. The molecule has 6 nitrogen and oxygen atoms in total. The predicted molar refractivity (Wildman–Crippen MR) is 101 cm³/mol. The van der Waals surface area contributed by atoms with E-state index in [4.69, 9.17) is 16.3 Å². The molecule has 1 aliphatic rings. The van der Waals surface area contributed by atoms with Crippen LogP contribution in [0.3, 0.4) is 0 Å². The first-order valence-corrected chi connectivity index (χ1v) is 9.05. The van der Waals surface area contributed by atoms with E-state index < -0.39 is 0 Å². The zero-order valence-corrected chi connectivity index (χ0v) is 15.7. The number of amides is 1. The average Bonchev–Trinajstić information content (AvgIpc) is 2.65. The maximum Gasteiger partial charge on any atom is 0.409 e. The molecule has 2 N–H and O–H groups in total. The number of methoxy groups -OCH3 is 1. The third-order valence-corrected chi connectivity index (χ3v) is 4.73. The molecule has 1 aliphatic heterocycles. The second-order valence-corrected chi connectivity index (χ2v) is 6.48. The van der Waals surface area contributed by atoms with E-state index in [2.05, 4.69) is 21.7 Å². The summed E-state index contributed by atoms with van der Waals surface area (Å²) in [5, 5.41) is 7.59. The molecule has 0 unspecified atom stereocenters. The average molecular weight is 367 g/mol. The molecule has 0 bridgehead atoms. The molecule has 7 heteroatoms. The van der Waals surface area contributed by atoms with E-state index in [0.29, 0.717) is 19.1 Å². The number of ether oxygens (including phenoxy) is 1. The Morgan fingerprint density at radius 1 is 1.36 bits per heavy atom. The van der Waals surface area contributed by atoms with Crippen LogP contribution in [0, 0.1) is 0 Å². The Kier molecular flexibility index (Phi) is 7.85. The number of rotatable bonds is 5. The Labute approximate surface area is 154 Å². The van der Waals surface area contributed by atoms with Crippen molar-refractivity contribution in [1.82, 2.24) is 15.5 Å². The Morgan fingerprint density at radius 2 is 2.08 bits per heavy atom. The van der Waals surface area contributed by atoms with E-state index in [1.165, 1.54) is 12.7 Å². The van der Waals surface area contributed by atoms with Crippen molar-refractivity contribution in [2.45, 2.75) is 31.7 Å². The highest BCUT2D eigenvalue weighted by Gasteiger charge is 2.23. The lowest BCUT2D eigenvalue weighted by Crippen LogP contribution is -2.49. The van der Waals surface area contributed by atoms with Gasteiger partial charge in [-0.3, -0.25) is 4.99 Å². The van der Waals surface area contributed by atoms with Crippen LogP contribution in [0.4, 0.5) is 4.79 Å². The van der Waals surface area contributed by atoms with Gasteiger partial charge in [-0.1, -0.05) is 29.8 Å². The van der Waals surface area contributed by atoms with E-state index in [9.17, 15) is 4.79 Å². The van der Waals surface area contributed by atoms with Gasteiger partial charge in [0.05, 0.1) is 7.11 Å². The lowest BCUT2D eigenvalue weighted by Gasteiger charge is -2.32. The number of benzene rings is 1. The van der Waals surface area contributed by atoms with Gasteiger partial charge in [-0.2, -0.15) is 0 Å². The van der Waals surface area contributed by atoms with Crippen molar-refractivity contribution in [1.29, 1.82) is 0 Å². The second-order valence-electron chi connectivity index (χ2n) is 6.07. The van der Waals surface area contributed by atoms with Crippen LogP contribution in [0.1, 0.15) is 24.8 Å². The van der Waals surface area contributed by atoms with Gasteiger partial charge in [0.25, 0.3) is 0 Å². The van der Waals surface area contributed by atoms with Gasteiger partial charge in [0.1, 0.15) is 0 Å². The van der Waals surface area contributed by atoms with E-state index in [-0.39, 0.29) is 6.09 Å². The first-order valence-electron chi connectivity index (χ1n) is 8.67. The molecule has 1 aromatic carbocycles. The van der Waals surface area contributed by atoms with Crippen molar-refractivity contribution in [2.75, 3.05) is 33.8 Å². The highest BCUT2D eigenvalue weighted by Crippen LogP contribution is 2.16. The summed E-state index contributed by atoms with van der Waals surface area (Å²) in [7, 11) is 3.19. The maximum absolute atomic E-state index is 11.5. The Hall–Kier alpha value is -1.95. The Morgan fingerprint density at radius 3 is 2.72 bits per heavy atom. The van der Waals surface area contributed by atoms with Gasteiger partial charge in [-0.25, -0.2) is 4.79 Å². The summed E-state index contributed by atoms with van der Waals surface area (Å²) in [6.45, 7) is 2.23. The van der Waals surface area contributed by atoms with Crippen LogP contribution in [0.2, 0.25) is 5.02 Å². The Bertz CT molecular complexity index is 586. The minimum Gasteiger partial charge on any atom is -0.453 e. The van der Waals surface area contributed by atoms with E-state index in [1.54, 1.807) is 11.9 Å². The van der Waals surface area contributed by atoms with Crippen molar-refractivity contribution in [3.05, 3.63) is 34.9 Å². The fourth-order valence-corrected chi connectivity index (χ4v) is 3.14. The SMILES string of the molecule is CN=C(NCCCc1ccccc1Cl)NC1CCN(C(=O)OC)CC1. The summed E-state index contributed by atoms with van der Waals surface area (Å²) in [6.07, 6.45) is 3.43. The third kappa shape index (κ3) is 6.12. The number of halogens is 1. The zero-order valence-electron chi connectivity index (χ0n) is 14.9. The number of carbonyl (C=O) groups is 1. The first-order chi connectivity index (χ1) is 12.1. The summed E-state index contributed by atoms with van der Waals surface area (Å²) in [6, 6.07) is 8.25. The molecule has 2 rings (SSSR count). The molecule has 1 saturated heterocycles. The molecule has 1 heterocycles. The molecule has 0 atom stereocenters. The predicted octanol–water partition coefficient (Wildman–Crippen LogP) is 2.67. The third-order valence-electron chi connectivity index (χ3n) is 4.37. The number of nitrogens with one attached hydrogen (secondary N) is 2. The number of carbonyl (C=O) groups excluding carboxylic acids is 1. The highest BCUT2D eigenvalue weighted by molar-refractivity contribution is 6.31. The number of piperidine rings is 1. The second kappa shape index (κ2) is 10.1. The number of aliphatic imine (C=N–C) groups is 1. The largest absolute Gasteiger partial charge is 0.453 e. The summed E-state index contributed by atoms with van der Waals surface area (Å²) < 4.78 is 4.76. The Balaban J connectivity index is 1.68. The van der Waals surface area contributed by atoms with Crippen LogP contribution in [0.15, 0.2) is 29.3 Å². The lowest BCUT2D eigenvalue weighted by atomic mass is 10.1. The van der Waals surface area contributed by atoms with Gasteiger partial charge in [0, 0.05) is 37.7 Å². The molecule has 0 aliphatic carbocycles. The molecule has 0 spiro atoms. The monoisotopic (exact) mass is 366 g/mol. The smallest absolute Gasteiger partial charge is 0.409 e. The molecular formula is C18H27ClN4O2. The number of guanidine groups is 1. The summed E-state index contributed by atoms with van der Waals surface area (Å²) in [4.78, 5) is 17.5. The van der Waals surface area contributed by atoms with Crippen LogP contribution in [0.5, 0.6) is 0 Å². The van der Waals surface area contributed by atoms with Gasteiger partial charge in [-0.15, -0.1) is 0 Å². The van der Waals surface area contributed by atoms with Crippen LogP contribution in [-0.2, 0) is 11.2 Å². The molecule has 1 aromatic rings. The zero-order chi connectivity index (χ0) is 18.1. The van der Waals surface area contributed by atoms with Gasteiger partial charge in [-0.05, 0) is 37.3 Å². The van der Waals surface area contributed by atoms with Crippen molar-refractivity contribution in [2.24, 2.45) is 4.99 Å². The van der Waals surface area contributed by atoms with Gasteiger partial charge >= 0.3 is 6.09 Å². The molecular weight excluding hydrogens is 340 g/mol. The van der Waals surface area contributed by atoms with Crippen molar-refractivity contribution in [3.8, 4) is 0 Å². The quantitative estimate of drug-likeness (QED) is 0.477. The fraction of sp³-hybridized carbons (Fsp3) is 0.556. The lowest BCUT2D eigenvalue weighted by molar-refractivity contribution is 0.111. The first kappa shape index (κ1) is 19.4. The van der Waals surface area contributed by atoms with Crippen LogP contribution in [-0.4, -0.2) is 56.8 Å². The van der Waals surface area contributed by atoms with Gasteiger partial charge < -0.3 is 20.3 Å². The van der Waals surface area contributed by atoms with Crippen LogP contribution < -0.4 is 10.6 Å². The van der Waals surface area contributed by atoms with Crippen molar-refractivity contribution < 1.29 is 9.53 Å². The minimum atomic E-state index is -0.250. The number of hydrogen-bond donors (Lipinski definition) is 2. The highest BCUT2D eigenvalue weighted by atomic mass is 35.5. The summed E-state index contributed by atoms with van der Waals surface area (Å²) in [5.41, 5.74) is 1.17. The normalized spacial score (nSPS) is 15.8. The van der Waals surface area contributed by atoms with Crippen LogP contribution in [0.25, 0.3) is 0 Å². The summed E-state index contributed by atoms with van der Waals surface area (Å²) in [5.74, 6) is 0.802. The molecule has 25 heavy (non-hydrogen) atoms. The molecule has 0 aromatic heterocycles. The molecule has 1 amide bonds. The van der Waals surface area contributed by atoms with Crippen molar-refractivity contribution in [3.63, 3.8) is 0 Å². The number of hydrogen-bond acceptors (Lipinski definition) is 3. The topological polar surface area (TPSA) is 66.0 Å². The van der Waals surface area contributed by atoms with E-state index in [0.717, 1.165) is 43.2 Å².